The number of carbonyl (C=O) groups is 1. The summed E-state index contributed by atoms with van der Waals surface area (Å²) in [5.41, 5.74) is -3.88. The smallest absolute Gasteiger partial charge is 0.441 e. The first-order valence-corrected chi connectivity index (χ1v) is 6.04. The van der Waals surface area contributed by atoms with Crippen LogP contribution < -0.4 is 10.1 Å². The molecule has 1 N–H and O–H groups in total. The Hall–Kier alpha value is -1.37. The minimum Gasteiger partial charge on any atom is -0.497 e. The number of amides is 1. The summed E-state index contributed by atoms with van der Waals surface area (Å²) in [4.78, 5) is 11.5. The number of halogens is 3. The van der Waals surface area contributed by atoms with Crippen LogP contribution in [-0.2, 0) is 0 Å². The van der Waals surface area contributed by atoms with Crippen LogP contribution in [0.5, 0.6) is 5.75 Å². The predicted octanol–water partition coefficient (Wildman–Crippen LogP) is 2.68. The molecule has 0 radical (unpaired) electrons. The zero-order chi connectivity index (χ0) is 13.6. The molecule has 0 fully saturated rings. The van der Waals surface area contributed by atoms with E-state index in [1.807, 2.05) is 0 Å². The van der Waals surface area contributed by atoms with Crippen LogP contribution in [0.25, 0.3) is 0 Å². The Morgan fingerprint density at radius 1 is 1.33 bits per heavy atom. The van der Waals surface area contributed by atoms with Crippen LogP contribution in [0, 0.1) is 0 Å². The number of alkyl halides is 3. The van der Waals surface area contributed by atoms with Gasteiger partial charge in [0.2, 0.25) is 0 Å². The first kappa shape index (κ1) is 14.7. The van der Waals surface area contributed by atoms with Gasteiger partial charge in [-0.25, -0.2) is 0 Å². The zero-order valence-electron chi connectivity index (χ0n) is 9.58. The molecule has 0 aliphatic rings. The van der Waals surface area contributed by atoms with E-state index in [1.54, 1.807) is 24.3 Å². The molecule has 0 saturated heterocycles. The Balaban J connectivity index is 2.36. The van der Waals surface area contributed by atoms with Crippen molar-refractivity contribution in [1.29, 1.82) is 0 Å². The molecule has 0 saturated carbocycles. The molecule has 18 heavy (non-hydrogen) atoms. The SMILES string of the molecule is COc1ccc(C(=O)NCCSC(F)(F)F)cc1. The van der Waals surface area contributed by atoms with Gasteiger partial charge in [0.25, 0.3) is 5.91 Å². The summed E-state index contributed by atoms with van der Waals surface area (Å²) in [5, 5.41) is 2.41. The lowest BCUT2D eigenvalue weighted by Crippen LogP contribution is -2.26. The largest absolute Gasteiger partial charge is 0.497 e. The summed E-state index contributed by atoms with van der Waals surface area (Å²) in [7, 11) is 1.50. The second kappa shape index (κ2) is 6.53. The van der Waals surface area contributed by atoms with E-state index in [0.717, 1.165) is 0 Å². The molecule has 7 heteroatoms. The third kappa shape index (κ3) is 5.31. The summed E-state index contributed by atoms with van der Waals surface area (Å²) in [6.07, 6.45) is 0. The normalized spacial score (nSPS) is 11.1. The maximum atomic E-state index is 11.8. The number of hydrogen-bond acceptors (Lipinski definition) is 3. The van der Waals surface area contributed by atoms with Crippen molar-refractivity contribution < 1.29 is 22.7 Å². The first-order valence-electron chi connectivity index (χ1n) is 5.05. The van der Waals surface area contributed by atoms with Crippen molar-refractivity contribution >= 4 is 17.7 Å². The van der Waals surface area contributed by atoms with Crippen LogP contribution in [0.1, 0.15) is 10.4 Å². The van der Waals surface area contributed by atoms with Gasteiger partial charge in [0, 0.05) is 17.9 Å². The molecule has 100 valence electrons. The number of methoxy groups -OCH3 is 1. The first-order chi connectivity index (χ1) is 8.42. The van der Waals surface area contributed by atoms with E-state index in [1.165, 1.54) is 7.11 Å². The van der Waals surface area contributed by atoms with Gasteiger partial charge in [0.1, 0.15) is 5.75 Å². The molecular formula is C11H12F3NO2S. The lowest BCUT2D eigenvalue weighted by atomic mass is 10.2. The molecular weight excluding hydrogens is 267 g/mol. The number of rotatable bonds is 5. The van der Waals surface area contributed by atoms with Crippen LogP contribution in [0.3, 0.4) is 0 Å². The van der Waals surface area contributed by atoms with Crippen LogP contribution in [-0.4, -0.2) is 30.8 Å². The number of ether oxygens (including phenoxy) is 1. The number of benzene rings is 1. The topological polar surface area (TPSA) is 38.3 Å². The summed E-state index contributed by atoms with van der Waals surface area (Å²) in [6.45, 7) is -0.0327. The average Bonchev–Trinajstić information content (AvgIpc) is 2.33. The minimum atomic E-state index is -4.26. The second-order valence-corrected chi connectivity index (χ2v) is 4.44. The number of nitrogens with one attached hydrogen (secondary N) is 1. The molecule has 0 bridgehead atoms. The summed E-state index contributed by atoms with van der Waals surface area (Å²) in [5.74, 6) is 0.00499. The highest BCUT2D eigenvalue weighted by molar-refractivity contribution is 8.00. The van der Waals surface area contributed by atoms with Crippen molar-refractivity contribution in [1.82, 2.24) is 5.32 Å². The van der Waals surface area contributed by atoms with Crippen LogP contribution in [0.4, 0.5) is 13.2 Å². The average molecular weight is 279 g/mol. The Labute approximate surface area is 107 Å². The summed E-state index contributed by atoms with van der Waals surface area (Å²) in [6, 6.07) is 6.31. The number of carbonyl (C=O) groups excluding carboxylic acids is 1. The van der Waals surface area contributed by atoms with Crippen molar-refractivity contribution in [2.45, 2.75) is 5.51 Å². The third-order valence-corrected chi connectivity index (χ3v) is 2.74. The molecule has 0 aliphatic carbocycles. The Kier molecular flexibility index (Phi) is 5.33. The molecule has 0 spiro atoms. The molecule has 0 unspecified atom stereocenters. The lowest BCUT2D eigenvalue weighted by Gasteiger charge is -2.07. The predicted molar refractivity (Wildman–Crippen MR) is 63.8 cm³/mol. The summed E-state index contributed by atoms with van der Waals surface area (Å²) >= 11 is -0.158. The zero-order valence-corrected chi connectivity index (χ0v) is 10.4. The standard InChI is InChI=1S/C11H12F3NO2S/c1-17-9-4-2-8(3-5-9)10(16)15-6-7-18-11(12,13)14/h2-5H,6-7H2,1H3,(H,15,16). The van der Waals surface area contributed by atoms with Gasteiger partial charge < -0.3 is 10.1 Å². The van der Waals surface area contributed by atoms with Gasteiger partial charge in [-0.05, 0) is 36.0 Å². The Morgan fingerprint density at radius 3 is 2.44 bits per heavy atom. The van der Waals surface area contributed by atoms with Gasteiger partial charge in [-0.15, -0.1) is 0 Å². The molecule has 0 atom stereocenters. The molecule has 0 aliphatic heterocycles. The van der Waals surface area contributed by atoms with E-state index < -0.39 is 11.4 Å². The highest BCUT2D eigenvalue weighted by atomic mass is 32.2. The van der Waals surface area contributed by atoms with E-state index in [4.69, 9.17) is 4.74 Å². The third-order valence-electron chi connectivity index (χ3n) is 2.01. The van der Waals surface area contributed by atoms with Gasteiger partial charge in [0.05, 0.1) is 7.11 Å². The van der Waals surface area contributed by atoms with Crippen molar-refractivity contribution in [3.63, 3.8) is 0 Å². The van der Waals surface area contributed by atoms with E-state index in [0.29, 0.717) is 11.3 Å². The van der Waals surface area contributed by atoms with Gasteiger partial charge in [-0.3, -0.25) is 4.79 Å². The van der Waals surface area contributed by atoms with Crippen LogP contribution in [0.15, 0.2) is 24.3 Å². The van der Waals surface area contributed by atoms with Crippen LogP contribution in [0.2, 0.25) is 0 Å². The maximum Gasteiger partial charge on any atom is 0.441 e. The molecule has 0 aromatic heterocycles. The van der Waals surface area contributed by atoms with E-state index in [2.05, 4.69) is 5.32 Å². The molecule has 1 rings (SSSR count). The van der Waals surface area contributed by atoms with Gasteiger partial charge in [0.15, 0.2) is 0 Å². The molecule has 1 aromatic carbocycles. The fraction of sp³-hybridized carbons (Fsp3) is 0.364. The highest BCUT2D eigenvalue weighted by Gasteiger charge is 2.27. The van der Waals surface area contributed by atoms with Gasteiger partial charge >= 0.3 is 5.51 Å². The van der Waals surface area contributed by atoms with Crippen molar-refractivity contribution in [2.24, 2.45) is 0 Å². The number of hydrogen-bond donors (Lipinski definition) is 1. The Bertz CT molecular complexity index is 392. The minimum absolute atomic E-state index is 0.0327. The quantitative estimate of drug-likeness (QED) is 0.842. The fourth-order valence-corrected chi connectivity index (χ4v) is 1.61. The second-order valence-electron chi connectivity index (χ2n) is 3.28. The molecule has 0 heterocycles. The summed E-state index contributed by atoms with van der Waals surface area (Å²) < 4.78 is 40.4. The van der Waals surface area contributed by atoms with E-state index >= 15 is 0 Å². The highest BCUT2D eigenvalue weighted by Crippen LogP contribution is 2.29. The molecule has 1 aromatic rings. The van der Waals surface area contributed by atoms with Gasteiger partial charge in [-0.2, -0.15) is 13.2 Å². The van der Waals surface area contributed by atoms with E-state index in [9.17, 15) is 18.0 Å². The van der Waals surface area contributed by atoms with Crippen molar-refractivity contribution in [3.05, 3.63) is 29.8 Å². The fourth-order valence-electron chi connectivity index (χ4n) is 1.18. The van der Waals surface area contributed by atoms with Crippen LogP contribution >= 0.6 is 11.8 Å². The molecule has 3 nitrogen and oxygen atoms in total. The van der Waals surface area contributed by atoms with Crippen molar-refractivity contribution in [3.8, 4) is 5.75 Å². The molecule has 1 amide bonds. The van der Waals surface area contributed by atoms with Crippen molar-refractivity contribution in [2.75, 3.05) is 19.4 Å². The maximum absolute atomic E-state index is 11.8. The Morgan fingerprint density at radius 2 is 1.94 bits per heavy atom. The van der Waals surface area contributed by atoms with E-state index in [-0.39, 0.29) is 24.1 Å². The lowest BCUT2D eigenvalue weighted by molar-refractivity contribution is -0.0327. The number of thioether (sulfide) groups is 1. The van der Waals surface area contributed by atoms with Gasteiger partial charge in [-0.1, -0.05) is 0 Å². The monoisotopic (exact) mass is 279 g/mol.